The Balaban J connectivity index is 1.62. The molecule has 4 aliphatic carbocycles. The minimum atomic E-state index is -0.572. The second-order valence-electron chi connectivity index (χ2n) is 14.1. The van der Waals surface area contributed by atoms with Gasteiger partial charge in [0.25, 0.3) is 0 Å². The van der Waals surface area contributed by atoms with Crippen LogP contribution in [0.15, 0.2) is 11.6 Å². The first-order valence-electron chi connectivity index (χ1n) is 13.6. The maximum Gasteiger partial charge on any atom is 0.138 e. The number of Topliss-reactive ketones (excluding diaryl/α,β-unsaturated/α-hetero) is 1. The van der Waals surface area contributed by atoms with Crippen molar-refractivity contribution in [3.8, 4) is 0 Å². The third-order valence-electron chi connectivity index (χ3n) is 12.1. The number of rotatable bonds is 4. The first-order chi connectivity index (χ1) is 14.7. The molecule has 8 atom stereocenters. The summed E-state index contributed by atoms with van der Waals surface area (Å²) in [5.41, 5.74) is 1.52. The first-order valence-corrected chi connectivity index (χ1v) is 13.6. The molecule has 4 saturated carbocycles. The minimum absolute atomic E-state index is 0.168. The first kappa shape index (κ1) is 24.5. The molecule has 2 heteroatoms. The molecule has 2 nitrogen and oxygen atoms in total. The number of ketones is 1. The van der Waals surface area contributed by atoms with Crippen molar-refractivity contribution in [2.75, 3.05) is 0 Å². The van der Waals surface area contributed by atoms with Gasteiger partial charge in [0.1, 0.15) is 5.78 Å². The fourth-order valence-corrected chi connectivity index (χ4v) is 10.1. The Morgan fingerprint density at radius 3 is 2.28 bits per heavy atom. The molecular weight excluding hydrogens is 392 g/mol. The van der Waals surface area contributed by atoms with E-state index in [-0.39, 0.29) is 10.8 Å². The van der Waals surface area contributed by atoms with Crippen LogP contribution >= 0.6 is 0 Å². The van der Waals surface area contributed by atoms with Crippen LogP contribution in [0, 0.1) is 45.3 Å². The van der Waals surface area contributed by atoms with E-state index in [0.717, 1.165) is 25.7 Å². The van der Waals surface area contributed by atoms with E-state index in [2.05, 4.69) is 61.5 Å². The highest BCUT2D eigenvalue weighted by atomic mass is 16.3. The Morgan fingerprint density at radius 2 is 1.62 bits per heavy atom. The van der Waals surface area contributed by atoms with E-state index >= 15 is 0 Å². The molecule has 0 aromatic heterocycles. The summed E-state index contributed by atoms with van der Waals surface area (Å²) in [5, 5.41) is 11.6. The van der Waals surface area contributed by atoms with Crippen molar-refractivity contribution in [3.63, 3.8) is 0 Å². The summed E-state index contributed by atoms with van der Waals surface area (Å²) in [4.78, 5) is 12.8. The van der Waals surface area contributed by atoms with Gasteiger partial charge in [0.05, 0.1) is 5.60 Å². The number of fused-ring (bicyclic) bond motifs is 5. The molecule has 0 saturated heterocycles. The Kier molecular flexibility index (Phi) is 5.89. The van der Waals surface area contributed by atoms with Gasteiger partial charge in [0.15, 0.2) is 0 Å². The van der Waals surface area contributed by atoms with Gasteiger partial charge in [-0.1, -0.05) is 46.3 Å². The fourth-order valence-electron chi connectivity index (χ4n) is 10.1. The van der Waals surface area contributed by atoms with Crippen molar-refractivity contribution in [2.45, 2.75) is 125 Å². The predicted molar refractivity (Wildman–Crippen MR) is 133 cm³/mol. The van der Waals surface area contributed by atoms with Gasteiger partial charge in [-0.3, -0.25) is 4.79 Å². The standard InChI is InChI=1S/C30H50O2/c1-20(2)10-9-16-30(8,32)22-13-18-28(6)21(22)11-12-24-27(5)17-15-25(31)26(3,4)23(27)14-19-29(24,28)7/h10,21-24,32H,9,11-19H2,1-8H3/t21-,22+,23+,24-,27+,28-,29-,30-/m1/s1. The van der Waals surface area contributed by atoms with Crippen LogP contribution in [0.5, 0.6) is 0 Å². The van der Waals surface area contributed by atoms with Crippen LogP contribution in [0.4, 0.5) is 0 Å². The van der Waals surface area contributed by atoms with Crippen molar-refractivity contribution in [3.05, 3.63) is 11.6 Å². The topological polar surface area (TPSA) is 37.3 Å². The summed E-state index contributed by atoms with van der Waals surface area (Å²) >= 11 is 0. The van der Waals surface area contributed by atoms with Crippen molar-refractivity contribution in [1.29, 1.82) is 0 Å². The van der Waals surface area contributed by atoms with Gasteiger partial charge >= 0.3 is 0 Å². The number of aliphatic hydroxyl groups is 1. The summed E-state index contributed by atoms with van der Waals surface area (Å²) < 4.78 is 0. The highest BCUT2D eigenvalue weighted by molar-refractivity contribution is 5.85. The second kappa shape index (κ2) is 7.69. The fraction of sp³-hybridized carbons (Fsp3) is 0.900. The molecule has 32 heavy (non-hydrogen) atoms. The van der Waals surface area contributed by atoms with Crippen LogP contribution in [0.25, 0.3) is 0 Å². The predicted octanol–water partition coefficient (Wildman–Crippen LogP) is 7.74. The Bertz CT molecular complexity index is 787. The van der Waals surface area contributed by atoms with Gasteiger partial charge in [-0.15, -0.1) is 0 Å². The molecule has 0 unspecified atom stereocenters. The average molecular weight is 443 g/mol. The highest BCUT2D eigenvalue weighted by Gasteiger charge is 2.69. The molecule has 4 rings (SSSR count). The van der Waals surface area contributed by atoms with Gasteiger partial charge in [-0.2, -0.15) is 0 Å². The van der Waals surface area contributed by atoms with Crippen molar-refractivity contribution >= 4 is 5.78 Å². The zero-order valence-electron chi connectivity index (χ0n) is 22.3. The summed E-state index contributed by atoms with van der Waals surface area (Å²) in [7, 11) is 0. The molecule has 0 heterocycles. The van der Waals surface area contributed by atoms with E-state index in [9.17, 15) is 9.90 Å². The lowest BCUT2D eigenvalue weighted by Gasteiger charge is -2.69. The highest BCUT2D eigenvalue weighted by Crippen LogP contribution is 2.75. The maximum atomic E-state index is 12.8. The van der Waals surface area contributed by atoms with E-state index in [4.69, 9.17) is 0 Å². The molecule has 0 aromatic rings. The molecule has 0 spiro atoms. The Morgan fingerprint density at radius 1 is 0.969 bits per heavy atom. The minimum Gasteiger partial charge on any atom is -0.390 e. The van der Waals surface area contributed by atoms with Gasteiger partial charge < -0.3 is 5.11 Å². The molecule has 182 valence electrons. The SMILES string of the molecule is CC(C)=CCC[C@@](C)(O)[C@H]1CC[C@]2(C)[C@@H]1CC[C@@H]1[C@@]3(C)CCC(=O)C(C)(C)[C@@H]3CC[C@]12C. The molecule has 0 bridgehead atoms. The lowest BCUT2D eigenvalue weighted by atomic mass is 9.35. The third kappa shape index (κ3) is 3.32. The second-order valence-corrected chi connectivity index (χ2v) is 14.1. The average Bonchev–Trinajstić information content (AvgIpc) is 3.04. The van der Waals surface area contributed by atoms with E-state index in [1.54, 1.807) is 0 Å². The van der Waals surface area contributed by atoms with E-state index in [0.29, 0.717) is 40.3 Å². The van der Waals surface area contributed by atoms with Crippen molar-refractivity contribution in [1.82, 2.24) is 0 Å². The molecule has 4 fully saturated rings. The Labute approximate surface area is 198 Å². The lowest BCUT2D eigenvalue weighted by Crippen LogP contribution is -2.63. The van der Waals surface area contributed by atoms with Crippen molar-refractivity contribution in [2.24, 2.45) is 45.3 Å². The van der Waals surface area contributed by atoms with Gasteiger partial charge in [0.2, 0.25) is 0 Å². The van der Waals surface area contributed by atoms with Crippen LogP contribution in [0.1, 0.15) is 120 Å². The van der Waals surface area contributed by atoms with Gasteiger partial charge in [0, 0.05) is 11.8 Å². The maximum absolute atomic E-state index is 12.8. The quantitative estimate of drug-likeness (QED) is 0.452. The van der Waals surface area contributed by atoms with Crippen LogP contribution in [0.3, 0.4) is 0 Å². The zero-order valence-corrected chi connectivity index (χ0v) is 22.3. The monoisotopic (exact) mass is 442 g/mol. The van der Waals surface area contributed by atoms with Crippen LogP contribution in [-0.4, -0.2) is 16.5 Å². The van der Waals surface area contributed by atoms with Crippen LogP contribution < -0.4 is 0 Å². The number of hydrogen-bond acceptors (Lipinski definition) is 2. The number of carbonyl (C=O) groups is 1. The molecule has 0 amide bonds. The molecular formula is C30H50O2. The zero-order chi connectivity index (χ0) is 23.7. The summed E-state index contributed by atoms with van der Waals surface area (Å²) in [6.07, 6.45) is 13.5. The molecule has 0 aromatic carbocycles. The summed E-state index contributed by atoms with van der Waals surface area (Å²) in [5.74, 6) is 2.78. The summed E-state index contributed by atoms with van der Waals surface area (Å²) in [6.45, 7) is 18.7. The number of carbonyl (C=O) groups excluding carboxylic acids is 1. The van der Waals surface area contributed by atoms with Crippen LogP contribution in [-0.2, 0) is 4.79 Å². The third-order valence-corrected chi connectivity index (χ3v) is 12.1. The number of hydrogen-bond donors (Lipinski definition) is 1. The smallest absolute Gasteiger partial charge is 0.138 e. The molecule has 0 radical (unpaired) electrons. The molecule has 0 aliphatic heterocycles. The largest absolute Gasteiger partial charge is 0.390 e. The lowest BCUT2D eigenvalue weighted by molar-refractivity contribution is -0.207. The van der Waals surface area contributed by atoms with E-state index < -0.39 is 5.60 Å². The Hall–Kier alpha value is -0.630. The van der Waals surface area contributed by atoms with Crippen LogP contribution in [0.2, 0.25) is 0 Å². The van der Waals surface area contributed by atoms with Crippen molar-refractivity contribution < 1.29 is 9.90 Å². The number of allylic oxidation sites excluding steroid dienone is 2. The molecule has 1 N–H and O–H groups in total. The van der Waals surface area contributed by atoms with E-state index in [1.807, 2.05) is 0 Å². The van der Waals surface area contributed by atoms with Gasteiger partial charge in [-0.05, 0) is 118 Å². The van der Waals surface area contributed by atoms with Gasteiger partial charge in [-0.25, -0.2) is 0 Å². The normalized spacial score (nSPS) is 47.1. The van der Waals surface area contributed by atoms with E-state index in [1.165, 1.54) is 44.1 Å². The molecule has 4 aliphatic rings. The summed E-state index contributed by atoms with van der Waals surface area (Å²) in [6, 6.07) is 0.